The topological polar surface area (TPSA) is 3.24 Å². The molecule has 0 saturated heterocycles. The fraction of sp³-hybridized carbons (Fsp3) is 0.538. The first kappa shape index (κ1) is 12.4. The molecule has 1 nitrogen and oxygen atoms in total. The summed E-state index contributed by atoms with van der Waals surface area (Å²) in [5.74, 6) is 0.598. The third-order valence-electron chi connectivity index (χ3n) is 2.63. The summed E-state index contributed by atoms with van der Waals surface area (Å²) in [7, 11) is 0. The summed E-state index contributed by atoms with van der Waals surface area (Å²) < 4.78 is 0. The molecule has 0 N–H and O–H groups in total. The smallest absolute Gasteiger partial charge is 0.0474 e. The minimum atomic E-state index is 0.598. The third kappa shape index (κ3) is 3.13. The molecule has 0 amide bonds. The first-order chi connectivity index (χ1) is 7.22. The van der Waals surface area contributed by atoms with Crippen molar-refractivity contribution in [1.29, 1.82) is 0 Å². The van der Waals surface area contributed by atoms with Gasteiger partial charge in [0.1, 0.15) is 0 Å². The van der Waals surface area contributed by atoms with Gasteiger partial charge >= 0.3 is 0 Å². The Morgan fingerprint density at radius 3 is 2.47 bits per heavy atom. The summed E-state index contributed by atoms with van der Waals surface area (Å²) in [6, 6.07) is 6.49. The van der Waals surface area contributed by atoms with E-state index >= 15 is 0 Å². The molecule has 0 aliphatic heterocycles. The fourth-order valence-electron chi connectivity index (χ4n) is 1.87. The molecular weight excluding hydrogens is 206 g/mol. The number of nitrogens with zero attached hydrogens (tertiary/aromatic N) is 1. The summed E-state index contributed by atoms with van der Waals surface area (Å²) in [5.41, 5.74) is 3.86. The van der Waals surface area contributed by atoms with E-state index in [0.717, 1.165) is 13.1 Å². The molecule has 15 heavy (non-hydrogen) atoms. The molecule has 0 heterocycles. The molecule has 0 bridgehead atoms. The van der Waals surface area contributed by atoms with Gasteiger partial charge in [-0.2, -0.15) is 0 Å². The maximum Gasteiger partial charge on any atom is 0.0474 e. The summed E-state index contributed by atoms with van der Waals surface area (Å²) in [4.78, 5) is 2.41. The SMILES string of the molecule is CCCN(CC)c1ccc(CCl)cc1C. The van der Waals surface area contributed by atoms with Crippen LogP contribution in [0.15, 0.2) is 18.2 Å². The van der Waals surface area contributed by atoms with Crippen molar-refractivity contribution in [3.05, 3.63) is 29.3 Å². The zero-order valence-electron chi connectivity index (χ0n) is 9.89. The van der Waals surface area contributed by atoms with Gasteiger partial charge in [-0.1, -0.05) is 19.1 Å². The number of rotatable bonds is 5. The summed E-state index contributed by atoms with van der Waals surface area (Å²) in [6.45, 7) is 8.76. The van der Waals surface area contributed by atoms with E-state index in [9.17, 15) is 0 Å². The van der Waals surface area contributed by atoms with Gasteiger partial charge in [0.05, 0.1) is 0 Å². The molecule has 0 spiro atoms. The van der Waals surface area contributed by atoms with Gasteiger partial charge in [-0.05, 0) is 37.5 Å². The molecule has 2 heteroatoms. The van der Waals surface area contributed by atoms with Gasteiger partial charge in [0, 0.05) is 24.7 Å². The average Bonchev–Trinajstić information content (AvgIpc) is 2.26. The highest BCUT2D eigenvalue weighted by molar-refractivity contribution is 6.17. The minimum absolute atomic E-state index is 0.598. The lowest BCUT2D eigenvalue weighted by Gasteiger charge is -2.24. The largest absolute Gasteiger partial charge is 0.372 e. The van der Waals surface area contributed by atoms with Crippen molar-refractivity contribution >= 4 is 17.3 Å². The van der Waals surface area contributed by atoms with Crippen LogP contribution in [0.2, 0.25) is 0 Å². The number of hydrogen-bond donors (Lipinski definition) is 0. The van der Waals surface area contributed by atoms with E-state index in [1.54, 1.807) is 0 Å². The lowest BCUT2D eigenvalue weighted by Crippen LogP contribution is -2.24. The number of aryl methyl sites for hydroxylation is 1. The number of hydrogen-bond acceptors (Lipinski definition) is 1. The first-order valence-corrected chi connectivity index (χ1v) is 6.16. The van der Waals surface area contributed by atoms with Gasteiger partial charge in [0.15, 0.2) is 0 Å². The molecule has 0 fully saturated rings. The van der Waals surface area contributed by atoms with Crippen LogP contribution in [0.5, 0.6) is 0 Å². The second-order valence-corrected chi connectivity index (χ2v) is 4.10. The van der Waals surface area contributed by atoms with E-state index in [0.29, 0.717) is 5.88 Å². The lowest BCUT2D eigenvalue weighted by molar-refractivity contribution is 0.789. The van der Waals surface area contributed by atoms with Crippen molar-refractivity contribution in [1.82, 2.24) is 0 Å². The van der Waals surface area contributed by atoms with E-state index in [4.69, 9.17) is 11.6 Å². The molecule has 0 atom stereocenters. The Labute approximate surface area is 98.0 Å². The Morgan fingerprint density at radius 2 is 2.00 bits per heavy atom. The highest BCUT2D eigenvalue weighted by Crippen LogP contribution is 2.22. The highest BCUT2D eigenvalue weighted by atomic mass is 35.5. The quantitative estimate of drug-likeness (QED) is 0.686. The van der Waals surface area contributed by atoms with Crippen LogP contribution in [-0.2, 0) is 5.88 Å². The number of alkyl halides is 1. The van der Waals surface area contributed by atoms with Crippen LogP contribution < -0.4 is 4.90 Å². The molecule has 1 aromatic carbocycles. The van der Waals surface area contributed by atoms with Crippen LogP contribution in [0.4, 0.5) is 5.69 Å². The van der Waals surface area contributed by atoms with E-state index in [2.05, 4.69) is 43.9 Å². The monoisotopic (exact) mass is 225 g/mol. The maximum atomic E-state index is 5.81. The van der Waals surface area contributed by atoms with Gasteiger partial charge in [0.2, 0.25) is 0 Å². The Hall–Kier alpha value is -0.690. The molecule has 0 saturated carbocycles. The van der Waals surface area contributed by atoms with Crippen molar-refractivity contribution in [3.8, 4) is 0 Å². The van der Waals surface area contributed by atoms with Crippen molar-refractivity contribution in [2.75, 3.05) is 18.0 Å². The number of anilines is 1. The molecule has 0 aliphatic carbocycles. The summed E-state index contributed by atoms with van der Waals surface area (Å²) in [5, 5.41) is 0. The normalized spacial score (nSPS) is 10.4. The lowest BCUT2D eigenvalue weighted by atomic mass is 10.1. The fourth-order valence-corrected chi connectivity index (χ4v) is 2.04. The Kier molecular flexibility index (Phi) is 4.97. The van der Waals surface area contributed by atoms with Crippen molar-refractivity contribution in [3.63, 3.8) is 0 Å². The Bertz CT molecular complexity index is 309. The second kappa shape index (κ2) is 6.02. The zero-order valence-corrected chi connectivity index (χ0v) is 10.6. The van der Waals surface area contributed by atoms with Crippen LogP contribution in [0.25, 0.3) is 0 Å². The maximum absolute atomic E-state index is 5.81. The van der Waals surface area contributed by atoms with Crippen LogP contribution in [0.3, 0.4) is 0 Å². The average molecular weight is 226 g/mol. The van der Waals surface area contributed by atoms with Crippen molar-refractivity contribution < 1.29 is 0 Å². The van der Waals surface area contributed by atoms with E-state index in [1.165, 1.54) is 23.2 Å². The van der Waals surface area contributed by atoms with E-state index < -0.39 is 0 Å². The molecule has 0 radical (unpaired) electrons. The number of benzene rings is 1. The Morgan fingerprint density at radius 1 is 1.27 bits per heavy atom. The van der Waals surface area contributed by atoms with Crippen LogP contribution in [-0.4, -0.2) is 13.1 Å². The van der Waals surface area contributed by atoms with Crippen molar-refractivity contribution in [2.45, 2.75) is 33.1 Å². The molecule has 1 rings (SSSR count). The zero-order chi connectivity index (χ0) is 11.3. The van der Waals surface area contributed by atoms with E-state index in [-0.39, 0.29) is 0 Å². The predicted molar refractivity (Wildman–Crippen MR) is 68.9 cm³/mol. The van der Waals surface area contributed by atoms with Crippen molar-refractivity contribution in [2.24, 2.45) is 0 Å². The van der Waals surface area contributed by atoms with Gasteiger partial charge in [-0.3, -0.25) is 0 Å². The van der Waals surface area contributed by atoms with Crippen LogP contribution >= 0.6 is 11.6 Å². The van der Waals surface area contributed by atoms with E-state index in [1.807, 2.05) is 0 Å². The molecule has 1 aromatic rings. The Balaban J connectivity index is 2.92. The minimum Gasteiger partial charge on any atom is -0.372 e. The van der Waals surface area contributed by atoms with Crippen LogP contribution in [0.1, 0.15) is 31.4 Å². The molecule has 0 aromatic heterocycles. The first-order valence-electron chi connectivity index (χ1n) is 5.63. The third-order valence-corrected chi connectivity index (χ3v) is 2.94. The summed E-state index contributed by atoms with van der Waals surface area (Å²) in [6.07, 6.45) is 1.19. The molecule has 0 aliphatic rings. The number of halogens is 1. The molecular formula is C13H20ClN. The predicted octanol–water partition coefficient (Wildman–Crippen LogP) is 3.97. The molecule has 0 unspecified atom stereocenters. The summed E-state index contributed by atoms with van der Waals surface area (Å²) >= 11 is 5.81. The van der Waals surface area contributed by atoms with Gasteiger partial charge in [-0.25, -0.2) is 0 Å². The highest BCUT2D eigenvalue weighted by Gasteiger charge is 2.06. The molecule has 84 valence electrons. The van der Waals surface area contributed by atoms with Gasteiger partial charge < -0.3 is 4.90 Å². The standard InChI is InChI=1S/C13H20ClN/c1-4-8-15(5-2)13-7-6-12(10-14)9-11(13)3/h6-7,9H,4-5,8,10H2,1-3H3. The van der Waals surface area contributed by atoms with Gasteiger partial charge in [-0.15, -0.1) is 11.6 Å². The van der Waals surface area contributed by atoms with Gasteiger partial charge in [0.25, 0.3) is 0 Å². The van der Waals surface area contributed by atoms with Crippen LogP contribution in [0, 0.1) is 6.92 Å². The second-order valence-electron chi connectivity index (χ2n) is 3.83.